The highest BCUT2D eigenvalue weighted by Gasteiger charge is 2.72. The number of aromatic hydroxyl groups is 1. The van der Waals surface area contributed by atoms with Crippen LogP contribution in [0.2, 0.25) is 0 Å². The highest BCUT2D eigenvalue weighted by atomic mass is 79.9. The number of hydrogen-bond acceptors (Lipinski definition) is 8. The van der Waals surface area contributed by atoms with E-state index in [2.05, 4.69) is 81.3 Å². The first-order chi connectivity index (χ1) is 20.2. The van der Waals surface area contributed by atoms with Gasteiger partial charge in [-0.1, -0.05) is 53.2 Å². The van der Waals surface area contributed by atoms with Gasteiger partial charge in [-0.2, -0.15) is 0 Å². The number of benzene rings is 2. The van der Waals surface area contributed by atoms with Crippen molar-refractivity contribution in [3.8, 4) is 5.75 Å². The second-order valence-corrected chi connectivity index (χ2v) is 15.3. The summed E-state index contributed by atoms with van der Waals surface area (Å²) < 4.78 is 12.9. The number of halogens is 1. The van der Waals surface area contributed by atoms with E-state index in [9.17, 15) is 5.11 Å². The zero-order chi connectivity index (χ0) is 29.1. The number of hydrogen-bond donors (Lipinski definition) is 2. The van der Waals surface area contributed by atoms with Gasteiger partial charge in [0, 0.05) is 62.9 Å². The average molecular weight is 643 g/mol. The van der Waals surface area contributed by atoms with Crippen LogP contribution in [0.4, 0.5) is 5.69 Å². The molecule has 2 bridgehead atoms. The summed E-state index contributed by atoms with van der Waals surface area (Å²) in [5, 5.41) is 14.5. The van der Waals surface area contributed by atoms with Crippen LogP contribution >= 0.6 is 15.9 Å². The largest absolute Gasteiger partial charge is 0.508 e. The monoisotopic (exact) mass is 641 g/mol. The molecule has 5 aliphatic heterocycles. The summed E-state index contributed by atoms with van der Waals surface area (Å²) in [6.45, 7) is 12.1. The number of piperazine rings is 1. The molecule has 42 heavy (non-hydrogen) atoms. The highest BCUT2D eigenvalue weighted by Crippen LogP contribution is 2.63. The highest BCUT2D eigenvalue weighted by molar-refractivity contribution is 9.10. The van der Waals surface area contributed by atoms with Gasteiger partial charge in [-0.25, -0.2) is 9.78 Å². The lowest BCUT2D eigenvalue weighted by atomic mass is 9.58. The maximum atomic E-state index is 10.8. The van der Waals surface area contributed by atoms with Gasteiger partial charge in [0.05, 0.1) is 4.32 Å². The Morgan fingerprint density at radius 1 is 0.952 bits per heavy atom. The number of nitrogens with zero attached hydrogens (tertiary/aromatic N) is 2. The molecule has 1 aliphatic carbocycles. The van der Waals surface area contributed by atoms with Crippen LogP contribution in [-0.2, 0) is 32.3 Å². The molecule has 3 unspecified atom stereocenters. The van der Waals surface area contributed by atoms with Gasteiger partial charge in [-0.3, -0.25) is 9.80 Å². The van der Waals surface area contributed by atoms with Crippen molar-refractivity contribution in [2.45, 2.75) is 87.8 Å². The first kappa shape index (κ1) is 29.0. The van der Waals surface area contributed by atoms with Gasteiger partial charge in [0.15, 0.2) is 11.9 Å². The molecule has 2 aromatic carbocycles. The molecule has 6 aliphatic rings. The van der Waals surface area contributed by atoms with Crippen molar-refractivity contribution in [3.05, 3.63) is 59.7 Å². The molecule has 8 nitrogen and oxygen atoms in total. The van der Waals surface area contributed by atoms with E-state index < -0.39 is 22.0 Å². The Bertz CT molecular complexity index is 1270. The fourth-order valence-corrected chi connectivity index (χ4v) is 9.01. The van der Waals surface area contributed by atoms with Crippen LogP contribution < -0.4 is 5.32 Å². The van der Waals surface area contributed by atoms with Gasteiger partial charge in [-0.15, -0.1) is 0 Å². The summed E-state index contributed by atoms with van der Waals surface area (Å²) in [4.78, 5) is 17.2. The lowest BCUT2D eigenvalue weighted by molar-refractivity contribution is -0.568. The third-order valence-corrected chi connectivity index (χ3v) is 11.6. The molecular formula is C33H44BrN3O5. The first-order valence-corrected chi connectivity index (χ1v) is 16.4. The quantitative estimate of drug-likeness (QED) is 0.231. The van der Waals surface area contributed by atoms with Crippen molar-refractivity contribution in [3.63, 3.8) is 0 Å². The predicted octanol–water partition coefficient (Wildman–Crippen LogP) is 5.85. The fraction of sp³-hybridized carbons (Fsp3) is 0.636. The number of phenols is 1. The van der Waals surface area contributed by atoms with E-state index in [1.165, 1.54) is 5.56 Å². The van der Waals surface area contributed by atoms with Crippen molar-refractivity contribution in [1.82, 2.24) is 9.80 Å². The van der Waals surface area contributed by atoms with Crippen molar-refractivity contribution in [1.29, 1.82) is 0 Å². The van der Waals surface area contributed by atoms with Gasteiger partial charge >= 0.3 is 0 Å². The normalized spacial score (nSPS) is 40.3. The van der Waals surface area contributed by atoms with Crippen molar-refractivity contribution < 1.29 is 24.4 Å². The van der Waals surface area contributed by atoms with Gasteiger partial charge in [0.25, 0.3) is 0 Å². The second kappa shape index (κ2) is 11.0. The summed E-state index contributed by atoms with van der Waals surface area (Å²) in [5.74, 6) is 0.460. The molecule has 6 fully saturated rings. The summed E-state index contributed by atoms with van der Waals surface area (Å²) in [7, 11) is 0. The molecule has 8 atom stereocenters. The molecule has 0 amide bonds. The van der Waals surface area contributed by atoms with Crippen LogP contribution in [0.15, 0.2) is 48.5 Å². The molecule has 9 heteroatoms. The Labute approximate surface area is 257 Å². The lowest BCUT2D eigenvalue weighted by Crippen LogP contribution is -2.74. The maximum absolute atomic E-state index is 10.8. The van der Waals surface area contributed by atoms with E-state index in [1.54, 1.807) is 6.07 Å². The van der Waals surface area contributed by atoms with Crippen molar-refractivity contribution >= 4 is 21.6 Å². The summed E-state index contributed by atoms with van der Waals surface area (Å²) in [6.07, 6.45) is 3.03. The summed E-state index contributed by atoms with van der Waals surface area (Å²) in [5.41, 5.74) is 2.54. The van der Waals surface area contributed by atoms with Crippen LogP contribution in [0.3, 0.4) is 0 Å². The van der Waals surface area contributed by atoms with Crippen molar-refractivity contribution in [2.24, 2.45) is 17.8 Å². The third-order valence-electron chi connectivity index (χ3n) is 10.7. The molecule has 5 heterocycles. The van der Waals surface area contributed by atoms with E-state index in [0.717, 1.165) is 69.7 Å². The number of ether oxygens (including phenoxy) is 2. The van der Waals surface area contributed by atoms with Gasteiger partial charge in [0.2, 0.25) is 5.79 Å². The molecule has 2 aromatic rings. The minimum Gasteiger partial charge on any atom is -0.508 e. The number of fused-ring (bicyclic) bond motifs is 2. The Kier molecular flexibility index (Phi) is 7.61. The molecule has 5 saturated heterocycles. The molecular weight excluding hydrogens is 598 g/mol. The summed E-state index contributed by atoms with van der Waals surface area (Å²) in [6, 6.07) is 16.4. The number of alkyl halides is 1. The topological polar surface area (TPSA) is 75.7 Å². The SMILES string of the molecule is C[C@@H]1CCC2[C@](C)(Br)C(Nc3ccc(O)c(CN4CCN(Cc5ccccc5)CC4)c3)O[C@@H]3O[C@]4(C)CCC1[C@@]23OO4. The van der Waals surface area contributed by atoms with Gasteiger partial charge < -0.3 is 19.9 Å². The smallest absolute Gasteiger partial charge is 0.201 e. The maximum Gasteiger partial charge on any atom is 0.201 e. The standard InChI is InChI=1S/C33H44BrN3O5/c1-22-9-12-28-32(3,34)29(39-30-33(28)26(22)13-14-31(2,40-30)41-42-33)35-25-10-11-27(38)24(19-25)21-37-17-15-36(16-18-37)20-23-7-5-4-6-8-23/h4-8,10-11,19,22,26,28-30,35,38H,9,12-18,20-21H2,1-3H3/t22-,26?,28?,29?,30-,31+,32+,33-/m1/s1. The van der Waals surface area contributed by atoms with E-state index in [4.69, 9.17) is 19.2 Å². The Morgan fingerprint density at radius 2 is 1.69 bits per heavy atom. The number of phenolic OH excluding ortho intramolecular Hbond substituents is 1. The predicted molar refractivity (Wildman–Crippen MR) is 164 cm³/mol. The minimum atomic E-state index is -0.807. The Hall–Kier alpha value is -1.72. The summed E-state index contributed by atoms with van der Waals surface area (Å²) >= 11 is 4.12. The second-order valence-electron chi connectivity index (χ2n) is 13.5. The van der Waals surface area contributed by atoms with E-state index >= 15 is 0 Å². The number of anilines is 1. The van der Waals surface area contributed by atoms with Gasteiger partial charge in [-0.05, 0) is 68.7 Å². The zero-order valence-electron chi connectivity index (χ0n) is 24.9. The number of rotatable bonds is 6. The van der Waals surface area contributed by atoms with E-state index in [0.29, 0.717) is 24.1 Å². The zero-order valence-corrected chi connectivity index (χ0v) is 26.5. The molecule has 228 valence electrons. The molecule has 0 radical (unpaired) electrons. The first-order valence-electron chi connectivity index (χ1n) is 15.6. The van der Waals surface area contributed by atoms with Crippen molar-refractivity contribution in [2.75, 3.05) is 31.5 Å². The van der Waals surface area contributed by atoms with Gasteiger partial charge in [0.1, 0.15) is 12.0 Å². The molecule has 2 N–H and O–H groups in total. The molecule has 0 aromatic heterocycles. The van der Waals surface area contributed by atoms with Crippen LogP contribution in [0.5, 0.6) is 5.75 Å². The third kappa shape index (κ3) is 5.09. The van der Waals surface area contributed by atoms with Crippen LogP contribution in [0.1, 0.15) is 57.6 Å². The Morgan fingerprint density at radius 3 is 2.45 bits per heavy atom. The van der Waals surface area contributed by atoms with E-state index in [1.807, 2.05) is 13.0 Å². The van der Waals surface area contributed by atoms with Crippen LogP contribution in [0, 0.1) is 17.8 Å². The molecule has 1 spiro atoms. The number of nitrogens with one attached hydrogen (secondary N) is 1. The molecule has 8 rings (SSSR count). The van der Waals surface area contributed by atoms with E-state index in [-0.39, 0.29) is 12.1 Å². The fourth-order valence-electron chi connectivity index (χ4n) is 8.20. The average Bonchev–Trinajstić information content (AvgIpc) is 3.20. The Balaban J connectivity index is 1.05. The minimum absolute atomic E-state index is 0.133. The van der Waals surface area contributed by atoms with Crippen LogP contribution in [-0.4, -0.2) is 69.3 Å². The molecule has 1 saturated carbocycles. The lowest BCUT2D eigenvalue weighted by Gasteiger charge is -2.62. The van der Waals surface area contributed by atoms with Crippen LogP contribution in [0.25, 0.3) is 0 Å².